The van der Waals surface area contributed by atoms with Crippen molar-refractivity contribution >= 4 is 5.91 Å². The second-order valence-electron chi connectivity index (χ2n) is 5.45. The maximum absolute atomic E-state index is 12.2. The first-order valence-corrected chi connectivity index (χ1v) is 7.36. The highest BCUT2D eigenvalue weighted by atomic mass is 16.5. The Morgan fingerprint density at radius 2 is 2.00 bits per heavy atom. The third-order valence-electron chi connectivity index (χ3n) is 4.17. The van der Waals surface area contributed by atoms with Crippen LogP contribution in [0.3, 0.4) is 0 Å². The van der Waals surface area contributed by atoms with Gasteiger partial charge >= 0.3 is 0 Å². The highest BCUT2D eigenvalue weighted by Gasteiger charge is 2.29. The fraction of sp³-hybridized carbons (Fsp3) is 0.562. The van der Waals surface area contributed by atoms with Crippen molar-refractivity contribution in [3.63, 3.8) is 0 Å². The van der Waals surface area contributed by atoms with Crippen LogP contribution in [0.2, 0.25) is 0 Å². The predicted octanol–water partition coefficient (Wildman–Crippen LogP) is 2.04. The third-order valence-corrected chi connectivity index (χ3v) is 4.17. The van der Waals surface area contributed by atoms with Crippen molar-refractivity contribution in [1.29, 1.82) is 0 Å². The van der Waals surface area contributed by atoms with Crippen molar-refractivity contribution in [3.05, 3.63) is 30.3 Å². The Kier molecular flexibility index (Phi) is 5.41. The van der Waals surface area contributed by atoms with E-state index in [0.29, 0.717) is 12.5 Å². The van der Waals surface area contributed by atoms with E-state index in [-0.39, 0.29) is 18.6 Å². The van der Waals surface area contributed by atoms with Gasteiger partial charge in [-0.3, -0.25) is 4.79 Å². The van der Waals surface area contributed by atoms with Crippen LogP contribution in [0, 0.1) is 5.92 Å². The first kappa shape index (κ1) is 14.9. The van der Waals surface area contributed by atoms with Crippen LogP contribution in [-0.4, -0.2) is 37.0 Å². The van der Waals surface area contributed by atoms with Crippen molar-refractivity contribution in [2.75, 3.05) is 20.2 Å². The molecule has 1 fully saturated rings. The van der Waals surface area contributed by atoms with Crippen LogP contribution in [0.15, 0.2) is 30.3 Å². The summed E-state index contributed by atoms with van der Waals surface area (Å²) in [5, 5.41) is 0. The highest BCUT2D eigenvalue weighted by molar-refractivity contribution is 5.77. The van der Waals surface area contributed by atoms with Gasteiger partial charge in [-0.15, -0.1) is 0 Å². The number of benzene rings is 1. The average molecular weight is 276 g/mol. The quantitative estimate of drug-likeness (QED) is 0.895. The number of amides is 1. The van der Waals surface area contributed by atoms with Gasteiger partial charge in [0.25, 0.3) is 5.91 Å². The van der Waals surface area contributed by atoms with E-state index in [1.54, 1.807) is 0 Å². The van der Waals surface area contributed by atoms with Gasteiger partial charge in [-0.1, -0.05) is 31.0 Å². The number of ether oxygens (including phenoxy) is 1. The minimum Gasteiger partial charge on any atom is -0.484 e. The number of para-hydroxylation sites is 1. The molecule has 1 aliphatic rings. The lowest BCUT2D eigenvalue weighted by molar-refractivity contribution is -0.135. The molecule has 2 atom stereocenters. The van der Waals surface area contributed by atoms with Crippen LogP contribution in [-0.2, 0) is 4.79 Å². The van der Waals surface area contributed by atoms with Gasteiger partial charge in [0.15, 0.2) is 6.61 Å². The monoisotopic (exact) mass is 276 g/mol. The molecule has 0 aliphatic heterocycles. The van der Waals surface area contributed by atoms with Crippen molar-refractivity contribution < 1.29 is 9.53 Å². The summed E-state index contributed by atoms with van der Waals surface area (Å²) in [7, 11) is 1.87. The molecule has 20 heavy (non-hydrogen) atoms. The van der Waals surface area contributed by atoms with Crippen LogP contribution in [0.4, 0.5) is 0 Å². The molecule has 1 saturated carbocycles. The Morgan fingerprint density at radius 3 is 2.70 bits per heavy atom. The molecule has 1 aromatic carbocycles. The first-order valence-electron chi connectivity index (χ1n) is 7.36. The summed E-state index contributed by atoms with van der Waals surface area (Å²) in [6.07, 6.45) is 4.58. The van der Waals surface area contributed by atoms with E-state index in [1.165, 1.54) is 12.8 Å². The molecular weight excluding hydrogens is 252 g/mol. The molecule has 2 N–H and O–H groups in total. The Hall–Kier alpha value is -1.55. The molecule has 0 heterocycles. The van der Waals surface area contributed by atoms with Gasteiger partial charge in [-0.05, 0) is 37.4 Å². The molecular formula is C16H24N2O2. The minimum atomic E-state index is 0.0270. The third kappa shape index (κ3) is 3.73. The molecule has 0 radical (unpaired) electrons. The SMILES string of the molecule is CN(C(=O)COc1ccccc1)C1CCCCC1CN. The van der Waals surface area contributed by atoms with Gasteiger partial charge in [0, 0.05) is 13.1 Å². The first-order chi connectivity index (χ1) is 9.72. The summed E-state index contributed by atoms with van der Waals surface area (Å²) in [5.74, 6) is 1.18. The van der Waals surface area contributed by atoms with E-state index in [1.807, 2.05) is 42.3 Å². The van der Waals surface area contributed by atoms with Gasteiger partial charge in [0.1, 0.15) is 5.75 Å². The second kappa shape index (κ2) is 7.29. The van der Waals surface area contributed by atoms with Gasteiger partial charge < -0.3 is 15.4 Å². The highest BCUT2D eigenvalue weighted by Crippen LogP contribution is 2.27. The number of rotatable bonds is 5. The van der Waals surface area contributed by atoms with Gasteiger partial charge in [-0.25, -0.2) is 0 Å². The van der Waals surface area contributed by atoms with Gasteiger partial charge in [0.05, 0.1) is 0 Å². The van der Waals surface area contributed by atoms with E-state index in [2.05, 4.69) is 0 Å². The Labute approximate surface area is 120 Å². The second-order valence-corrected chi connectivity index (χ2v) is 5.45. The fourth-order valence-electron chi connectivity index (χ4n) is 2.92. The van der Waals surface area contributed by atoms with Crippen molar-refractivity contribution in [2.45, 2.75) is 31.7 Å². The minimum absolute atomic E-state index is 0.0270. The molecule has 1 amide bonds. The summed E-state index contributed by atoms with van der Waals surface area (Å²) in [6.45, 7) is 0.746. The zero-order chi connectivity index (χ0) is 14.4. The van der Waals surface area contributed by atoms with Crippen LogP contribution < -0.4 is 10.5 Å². The summed E-state index contributed by atoms with van der Waals surface area (Å²) in [4.78, 5) is 14.1. The summed E-state index contributed by atoms with van der Waals surface area (Å²) in [6, 6.07) is 9.70. The smallest absolute Gasteiger partial charge is 0.260 e. The summed E-state index contributed by atoms with van der Waals surface area (Å²) >= 11 is 0. The largest absolute Gasteiger partial charge is 0.484 e. The van der Waals surface area contributed by atoms with E-state index in [9.17, 15) is 4.79 Å². The standard InChI is InChI=1S/C16H24N2O2/c1-18(15-10-6-5-7-13(15)11-17)16(19)12-20-14-8-3-2-4-9-14/h2-4,8-9,13,15H,5-7,10-12,17H2,1H3. The van der Waals surface area contributed by atoms with Crippen LogP contribution in [0.5, 0.6) is 5.75 Å². The summed E-state index contributed by atoms with van der Waals surface area (Å²) in [5.41, 5.74) is 5.83. The number of likely N-dealkylation sites (N-methyl/N-ethyl adjacent to an activating group) is 1. The zero-order valence-electron chi connectivity index (χ0n) is 12.1. The van der Waals surface area contributed by atoms with Crippen molar-refractivity contribution in [1.82, 2.24) is 4.90 Å². The number of nitrogens with zero attached hydrogens (tertiary/aromatic N) is 1. The van der Waals surface area contributed by atoms with E-state index >= 15 is 0 Å². The topological polar surface area (TPSA) is 55.6 Å². The number of hydrogen-bond donors (Lipinski definition) is 1. The number of carbonyl (C=O) groups is 1. The lowest BCUT2D eigenvalue weighted by Gasteiger charge is -2.37. The van der Waals surface area contributed by atoms with Gasteiger partial charge in [0.2, 0.25) is 0 Å². The molecule has 2 rings (SSSR count). The number of hydrogen-bond acceptors (Lipinski definition) is 3. The molecule has 4 heteroatoms. The molecule has 1 aliphatic carbocycles. The van der Waals surface area contributed by atoms with Crippen LogP contribution in [0.1, 0.15) is 25.7 Å². The Morgan fingerprint density at radius 1 is 1.30 bits per heavy atom. The lowest BCUT2D eigenvalue weighted by atomic mass is 9.83. The number of carbonyl (C=O) groups excluding carboxylic acids is 1. The molecule has 2 unspecified atom stereocenters. The normalized spacial score (nSPS) is 22.3. The molecule has 0 spiro atoms. The van der Waals surface area contributed by atoms with Crippen LogP contribution >= 0.6 is 0 Å². The average Bonchev–Trinajstić information content (AvgIpc) is 2.52. The Bertz CT molecular complexity index is 422. The molecule has 0 aromatic heterocycles. The Balaban J connectivity index is 1.87. The van der Waals surface area contributed by atoms with E-state index in [4.69, 9.17) is 10.5 Å². The fourth-order valence-corrected chi connectivity index (χ4v) is 2.92. The van der Waals surface area contributed by atoms with Crippen LogP contribution in [0.25, 0.3) is 0 Å². The zero-order valence-corrected chi connectivity index (χ0v) is 12.1. The van der Waals surface area contributed by atoms with Gasteiger partial charge in [-0.2, -0.15) is 0 Å². The lowest BCUT2D eigenvalue weighted by Crippen LogP contribution is -2.47. The molecule has 1 aromatic rings. The molecule has 0 saturated heterocycles. The van der Waals surface area contributed by atoms with E-state index < -0.39 is 0 Å². The molecule has 0 bridgehead atoms. The predicted molar refractivity (Wildman–Crippen MR) is 79.5 cm³/mol. The summed E-state index contributed by atoms with van der Waals surface area (Å²) < 4.78 is 5.53. The van der Waals surface area contributed by atoms with Crippen molar-refractivity contribution in [2.24, 2.45) is 11.7 Å². The molecule has 110 valence electrons. The van der Waals surface area contributed by atoms with Crippen molar-refractivity contribution in [3.8, 4) is 5.75 Å². The van der Waals surface area contributed by atoms with E-state index in [0.717, 1.165) is 18.6 Å². The molecule has 4 nitrogen and oxygen atoms in total. The maximum atomic E-state index is 12.2. The maximum Gasteiger partial charge on any atom is 0.260 e. The number of nitrogens with two attached hydrogens (primary N) is 1.